The van der Waals surface area contributed by atoms with Crippen molar-refractivity contribution in [2.24, 2.45) is 10.9 Å². The maximum absolute atomic E-state index is 11.9. The highest BCUT2D eigenvalue weighted by Crippen LogP contribution is 2.27. The van der Waals surface area contributed by atoms with Crippen LogP contribution < -0.4 is 5.32 Å². The first kappa shape index (κ1) is 19.2. The van der Waals surface area contributed by atoms with Gasteiger partial charge in [0.25, 0.3) is 0 Å². The van der Waals surface area contributed by atoms with Gasteiger partial charge in [-0.05, 0) is 25.2 Å². The van der Waals surface area contributed by atoms with E-state index in [9.17, 15) is 8.42 Å². The highest BCUT2D eigenvalue weighted by Gasteiger charge is 2.33. The van der Waals surface area contributed by atoms with Crippen LogP contribution in [0.2, 0.25) is 0 Å². The maximum Gasteiger partial charge on any atom is 0.211 e. The highest BCUT2D eigenvalue weighted by molar-refractivity contribution is 7.88. The number of piperidine rings is 1. The quantitative estimate of drug-likeness (QED) is 0.614. The van der Waals surface area contributed by atoms with Crippen molar-refractivity contribution in [3.8, 4) is 0 Å². The summed E-state index contributed by atoms with van der Waals surface area (Å²) in [5.41, 5.74) is 0. The van der Waals surface area contributed by atoms with E-state index >= 15 is 0 Å². The number of aromatic nitrogens is 2. The number of hydrogen-bond acceptors (Lipinski definition) is 4. The SMILES string of the molecule is CN=C(NC[C@H]1CCCN1S(C)(=O)=O)N1CCC(C)C(n2ccnc2)C1. The average Bonchev–Trinajstić information content (AvgIpc) is 3.27. The van der Waals surface area contributed by atoms with E-state index in [-0.39, 0.29) is 6.04 Å². The third kappa shape index (κ3) is 4.20. The number of nitrogens with one attached hydrogen (secondary N) is 1. The second-order valence-electron chi connectivity index (χ2n) is 7.39. The van der Waals surface area contributed by atoms with Gasteiger partial charge in [0, 0.05) is 51.7 Å². The molecule has 0 saturated carbocycles. The number of likely N-dealkylation sites (tertiary alicyclic amines) is 1. The van der Waals surface area contributed by atoms with Crippen molar-refractivity contribution in [1.29, 1.82) is 0 Å². The summed E-state index contributed by atoms with van der Waals surface area (Å²) in [5, 5.41) is 3.41. The molecule has 2 saturated heterocycles. The van der Waals surface area contributed by atoms with E-state index < -0.39 is 10.0 Å². The second-order valence-corrected chi connectivity index (χ2v) is 9.32. The first-order valence-electron chi connectivity index (χ1n) is 9.30. The van der Waals surface area contributed by atoms with Crippen LogP contribution in [0.3, 0.4) is 0 Å². The van der Waals surface area contributed by atoms with Crippen LogP contribution in [0.1, 0.15) is 32.2 Å². The molecule has 0 radical (unpaired) electrons. The Bertz CT molecular complexity index is 718. The molecular weight excluding hydrogens is 352 g/mol. The number of aliphatic imine (C=N–C) groups is 1. The summed E-state index contributed by atoms with van der Waals surface area (Å²) in [5.74, 6) is 1.43. The Hall–Kier alpha value is -1.61. The minimum atomic E-state index is -3.15. The highest BCUT2D eigenvalue weighted by atomic mass is 32.2. The fourth-order valence-corrected chi connectivity index (χ4v) is 5.27. The van der Waals surface area contributed by atoms with Gasteiger partial charge in [-0.3, -0.25) is 4.99 Å². The Morgan fingerprint density at radius 2 is 2.15 bits per heavy atom. The summed E-state index contributed by atoms with van der Waals surface area (Å²) in [6, 6.07) is 0.374. The molecule has 1 N–H and O–H groups in total. The lowest BCUT2D eigenvalue weighted by molar-refractivity contribution is 0.188. The van der Waals surface area contributed by atoms with Crippen molar-refractivity contribution in [3.63, 3.8) is 0 Å². The van der Waals surface area contributed by atoms with Crippen molar-refractivity contribution >= 4 is 16.0 Å². The van der Waals surface area contributed by atoms with Crippen LogP contribution in [0.5, 0.6) is 0 Å². The Kier molecular flexibility index (Phi) is 5.86. The standard InChI is InChI=1S/C17H30N6O2S/c1-14-6-9-21(12-16(14)22-10-7-19-13-22)17(18-2)20-11-15-5-4-8-23(15)26(3,24)25/h7,10,13-16H,4-6,8-9,11-12H2,1-3H3,(H,18,20)/t14?,15-,16?/m1/s1. The first-order valence-corrected chi connectivity index (χ1v) is 11.1. The topological polar surface area (TPSA) is 82.8 Å². The lowest BCUT2D eigenvalue weighted by atomic mass is 9.93. The van der Waals surface area contributed by atoms with Crippen molar-refractivity contribution in [2.45, 2.75) is 38.3 Å². The molecule has 0 amide bonds. The number of nitrogens with zero attached hydrogens (tertiary/aromatic N) is 5. The zero-order chi connectivity index (χ0) is 18.7. The summed E-state index contributed by atoms with van der Waals surface area (Å²) in [4.78, 5) is 10.9. The zero-order valence-electron chi connectivity index (χ0n) is 15.9. The van der Waals surface area contributed by atoms with E-state index in [0.717, 1.165) is 38.3 Å². The minimum Gasteiger partial charge on any atom is -0.355 e. The summed E-state index contributed by atoms with van der Waals surface area (Å²) >= 11 is 0. The van der Waals surface area contributed by atoms with Gasteiger partial charge in [0.1, 0.15) is 0 Å². The van der Waals surface area contributed by atoms with Gasteiger partial charge in [-0.2, -0.15) is 4.31 Å². The Morgan fingerprint density at radius 3 is 2.81 bits per heavy atom. The molecule has 2 fully saturated rings. The molecule has 3 atom stereocenters. The molecule has 3 heterocycles. The Morgan fingerprint density at radius 1 is 1.35 bits per heavy atom. The average molecular weight is 383 g/mol. The van der Waals surface area contributed by atoms with Gasteiger partial charge < -0.3 is 14.8 Å². The summed E-state index contributed by atoms with van der Waals surface area (Å²) in [7, 11) is -1.36. The van der Waals surface area contributed by atoms with Gasteiger partial charge in [-0.25, -0.2) is 13.4 Å². The molecule has 146 valence electrons. The van der Waals surface area contributed by atoms with E-state index in [0.29, 0.717) is 25.0 Å². The Labute approximate surface area is 156 Å². The summed E-state index contributed by atoms with van der Waals surface area (Å²) in [6.45, 7) is 5.32. The molecule has 1 aromatic heterocycles. The van der Waals surface area contributed by atoms with E-state index in [1.54, 1.807) is 11.4 Å². The Balaban J connectivity index is 1.62. The van der Waals surface area contributed by atoms with Crippen molar-refractivity contribution in [3.05, 3.63) is 18.7 Å². The molecule has 26 heavy (non-hydrogen) atoms. The third-order valence-electron chi connectivity index (χ3n) is 5.58. The van der Waals surface area contributed by atoms with Crippen LogP contribution in [0, 0.1) is 5.92 Å². The lowest BCUT2D eigenvalue weighted by Gasteiger charge is -2.39. The lowest BCUT2D eigenvalue weighted by Crippen LogP contribution is -2.51. The molecule has 2 aliphatic heterocycles. The molecule has 0 aromatic carbocycles. The van der Waals surface area contributed by atoms with Crippen LogP contribution in [0.4, 0.5) is 0 Å². The van der Waals surface area contributed by atoms with E-state index in [4.69, 9.17) is 0 Å². The number of sulfonamides is 1. The van der Waals surface area contributed by atoms with Crippen LogP contribution >= 0.6 is 0 Å². The van der Waals surface area contributed by atoms with Crippen molar-refractivity contribution < 1.29 is 8.42 Å². The van der Waals surface area contributed by atoms with Crippen LogP contribution in [-0.4, -0.2) is 78.7 Å². The minimum absolute atomic E-state index is 0.00918. The molecular formula is C17H30N6O2S. The van der Waals surface area contributed by atoms with Gasteiger partial charge in [0.15, 0.2) is 5.96 Å². The number of imidazole rings is 1. The normalized spacial score (nSPS) is 28.5. The van der Waals surface area contributed by atoms with Crippen LogP contribution in [0.25, 0.3) is 0 Å². The number of guanidine groups is 1. The zero-order valence-corrected chi connectivity index (χ0v) is 16.7. The fraction of sp³-hybridized carbons (Fsp3) is 0.765. The largest absolute Gasteiger partial charge is 0.355 e. The summed E-state index contributed by atoms with van der Waals surface area (Å²) in [6.07, 6.45) is 9.91. The molecule has 2 aliphatic rings. The molecule has 0 spiro atoms. The molecule has 1 aromatic rings. The van der Waals surface area contributed by atoms with Gasteiger partial charge in [0.05, 0.1) is 18.6 Å². The maximum atomic E-state index is 11.9. The van der Waals surface area contributed by atoms with Crippen LogP contribution in [0.15, 0.2) is 23.7 Å². The molecule has 3 rings (SSSR count). The summed E-state index contributed by atoms with van der Waals surface area (Å²) < 4.78 is 27.6. The molecule has 0 aliphatic carbocycles. The van der Waals surface area contributed by atoms with Crippen molar-refractivity contribution in [1.82, 2.24) is 24.1 Å². The monoisotopic (exact) mass is 382 g/mol. The van der Waals surface area contributed by atoms with Crippen LogP contribution in [-0.2, 0) is 10.0 Å². The second kappa shape index (κ2) is 7.96. The predicted molar refractivity (Wildman–Crippen MR) is 103 cm³/mol. The van der Waals surface area contributed by atoms with Gasteiger partial charge in [-0.15, -0.1) is 0 Å². The number of rotatable bonds is 4. The van der Waals surface area contributed by atoms with E-state index in [2.05, 4.69) is 31.7 Å². The fourth-order valence-electron chi connectivity index (χ4n) is 4.09. The molecule has 0 bridgehead atoms. The molecule has 2 unspecified atom stereocenters. The van der Waals surface area contributed by atoms with Gasteiger partial charge in [0.2, 0.25) is 10.0 Å². The van der Waals surface area contributed by atoms with Gasteiger partial charge >= 0.3 is 0 Å². The van der Waals surface area contributed by atoms with Gasteiger partial charge in [-0.1, -0.05) is 6.92 Å². The smallest absolute Gasteiger partial charge is 0.211 e. The molecule has 9 heteroatoms. The molecule has 8 nitrogen and oxygen atoms in total. The van der Waals surface area contributed by atoms with E-state index in [1.807, 2.05) is 18.7 Å². The predicted octanol–water partition coefficient (Wildman–Crippen LogP) is 0.765. The first-order chi connectivity index (χ1) is 12.4. The third-order valence-corrected chi connectivity index (χ3v) is 6.92. The number of hydrogen-bond donors (Lipinski definition) is 1. The van der Waals surface area contributed by atoms with Crippen molar-refractivity contribution in [2.75, 3.05) is 39.5 Å². The van der Waals surface area contributed by atoms with E-state index in [1.165, 1.54) is 6.26 Å².